The molecule has 0 aromatic rings. The molecule has 1 heterocycles. The van der Waals surface area contributed by atoms with Gasteiger partial charge in [-0.05, 0) is 6.92 Å². The van der Waals surface area contributed by atoms with Crippen LogP contribution in [0.1, 0.15) is 13.3 Å². The van der Waals surface area contributed by atoms with Gasteiger partial charge in [0.1, 0.15) is 5.78 Å². The number of nitrogens with two attached hydrogens (primary N) is 1. The summed E-state index contributed by atoms with van der Waals surface area (Å²) in [4.78, 5) is 8.84. The van der Waals surface area contributed by atoms with Crippen molar-refractivity contribution in [2.45, 2.75) is 25.2 Å². The van der Waals surface area contributed by atoms with Crippen molar-refractivity contribution in [1.29, 1.82) is 0 Å². The van der Waals surface area contributed by atoms with Gasteiger partial charge in [0.15, 0.2) is 0 Å². The minimum atomic E-state index is -3.41. The molecule has 0 saturated carbocycles. The fraction of sp³-hybridized carbons (Fsp3) is 1.00. The molecule has 1 aliphatic rings. The maximum absolute atomic E-state index is 10.8. The van der Waals surface area contributed by atoms with Gasteiger partial charge in [-0.25, -0.2) is 0 Å². The standard InChI is InChI=1S/C4H10NO3P/c1-3-2-4(5)9(6,7)8-3/h3-4H,2,5H2,1H3,(H,6,7). The molecule has 0 radical (unpaired) electrons. The quantitative estimate of drug-likeness (QED) is 0.487. The zero-order chi connectivity index (χ0) is 7.07. The molecule has 3 unspecified atom stereocenters. The van der Waals surface area contributed by atoms with E-state index in [1.165, 1.54) is 0 Å². The van der Waals surface area contributed by atoms with E-state index in [4.69, 9.17) is 10.6 Å². The van der Waals surface area contributed by atoms with Gasteiger partial charge in [0.25, 0.3) is 0 Å². The van der Waals surface area contributed by atoms with Crippen molar-refractivity contribution >= 4 is 7.60 Å². The molecule has 1 aliphatic heterocycles. The second kappa shape index (κ2) is 2.06. The van der Waals surface area contributed by atoms with Gasteiger partial charge < -0.3 is 15.2 Å². The predicted molar refractivity (Wildman–Crippen MR) is 33.0 cm³/mol. The summed E-state index contributed by atoms with van der Waals surface area (Å²) in [6.07, 6.45) is 0.309. The molecule has 1 rings (SSSR count). The maximum atomic E-state index is 10.8. The lowest BCUT2D eigenvalue weighted by atomic mass is 10.3. The minimum Gasteiger partial charge on any atom is -0.323 e. The van der Waals surface area contributed by atoms with Crippen LogP contribution < -0.4 is 5.73 Å². The first kappa shape index (κ1) is 7.22. The molecule has 1 saturated heterocycles. The highest BCUT2D eigenvalue weighted by molar-refractivity contribution is 7.53. The summed E-state index contributed by atoms with van der Waals surface area (Å²) in [6, 6.07) is 0. The molecule has 0 aliphatic carbocycles. The summed E-state index contributed by atoms with van der Waals surface area (Å²) in [5, 5.41) is 0. The molecule has 0 aromatic heterocycles. The summed E-state index contributed by atoms with van der Waals surface area (Å²) >= 11 is 0. The molecular formula is C4H10NO3P. The molecule has 0 spiro atoms. The molecule has 1 fully saturated rings. The molecular weight excluding hydrogens is 141 g/mol. The van der Waals surface area contributed by atoms with Gasteiger partial charge in [-0.3, -0.25) is 4.57 Å². The second-order valence-corrected chi connectivity index (χ2v) is 4.29. The lowest BCUT2D eigenvalue weighted by Gasteiger charge is -2.05. The fourth-order valence-corrected chi connectivity index (χ4v) is 2.17. The summed E-state index contributed by atoms with van der Waals surface area (Å²) in [5.74, 6) is -0.674. The lowest BCUT2D eigenvalue weighted by Crippen LogP contribution is -2.15. The van der Waals surface area contributed by atoms with Crippen LogP contribution in [0.25, 0.3) is 0 Å². The Kier molecular flexibility index (Phi) is 1.65. The Balaban J connectivity index is 2.70. The third-order valence-corrected chi connectivity index (χ3v) is 3.03. The predicted octanol–water partition coefficient (Wildman–Crippen LogP) is 0.265. The van der Waals surface area contributed by atoms with Crippen molar-refractivity contribution in [3.63, 3.8) is 0 Å². The van der Waals surface area contributed by atoms with Crippen LogP contribution in [0, 0.1) is 0 Å². The van der Waals surface area contributed by atoms with Crippen LogP contribution in [0.4, 0.5) is 0 Å². The first-order valence-electron chi connectivity index (χ1n) is 2.79. The molecule has 4 nitrogen and oxygen atoms in total. The monoisotopic (exact) mass is 151 g/mol. The maximum Gasteiger partial charge on any atom is 0.345 e. The average Bonchev–Trinajstić information content (AvgIpc) is 1.79. The zero-order valence-corrected chi connectivity index (χ0v) is 6.04. The number of hydrogen-bond acceptors (Lipinski definition) is 3. The Morgan fingerprint density at radius 3 is 2.56 bits per heavy atom. The van der Waals surface area contributed by atoms with Crippen molar-refractivity contribution in [2.24, 2.45) is 5.73 Å². The average molecular weight is 151 g/mol. The van der Waals surface area contributed by atoms with E-state index >= 15 is 0 Å². The van der Waals surface area contributed by atoms with Crippen LogP contribution in [0.2, 0.25) is 0 Å². The van der Waals surface area contributed by atoms with Crippen molar-refractivity contribution in [2.75, 3.05) is 0 Å². The normalized spacial score (nSPS) is 51.9. The van der Waals surface area contributed by atoms with E-state index in [0.29, 0.717) is 6.42 Å². The van der Waals surface area contributed by atoms with Crippen LogP contribution in [-0.4, -0.2) is 16.8 Å². The molecule has 5 heteroatoms. The van der Waals surface area contributed by atoms with E-state index < -0.39 is 13.4 Å². The molecule has 3 atom stereocenters. The molecule has 0 bridgehead atoms. The summed E-state index contributed by atoms with van der Waals surface area (Å²) in [7, 11) is -3.41. The first-order valence-corrected chi connectivity index (χ1v) is 4.43. The first-order chi connectivity index (χ1) is 4.02. The van der Waals surface area contributed by atoms with Crippen molar-refractivity contribution < 1.29 is 14.0 Å². The largest absolute Gasteiger partial charge is 0.345 e. The van der Waals surface area contributed by atoms with Gasteiger partial charge in [-0.2, -0.15) is 0 Å². The van der Waals surface area contributed by atoms with Gasteiger partial charge in [0, 0.05) is 6.42 Å². The van der Waals surface area contributed by atoms with E-state index in [9.17, 15) is 4.57 Å². The highest BCUT2D eigenvalue weighted by Crippen LogP contribution is 2.53. The van der Waals surface area contributed by atoms with Gasteiger partial charge in [0.05, 0.1) is 6.10 Å². The SMILES string of the molecule is CC1CC(N)P(=O)(O)O1. The highest BCUT2D eigenvalue weighted by atomic mass is 31.2. The Labute approximate surface area is 53.5 Å². The van der Waals surface area contributed by atoms with E-state index in [1.807, 2.05) is 0 Å². The van der Waals surface area contributed by atoms with Crippen LogP contribution in [0.5, 0.6) is 0 Å². The van der Waals surface area contributed by atoms with Crippen LogP contribution in [0.15, 0.2) is 0 Å². The van der Waals surface area contributed by atoms with Crippen molar-refractivity contribution in [1.82, 2.24) is 0 Å². The zero-order valence-electron chi connectivity index (χ0n) is 5.15. The van der Waals surface area contributed by atoms with E-state index in [-0.39, 0.29) is 6.10 Å². The Morgan fingerprint density at radius 1 is 1.89 bits per heavy atom. The van der Waals surface area contributed by atoms with E-state index in [2.05, 4.69) is 4.52 Å². The smallest absolute Gasteiger partial charge is 0.323 e. The van der Waals surface area contributed by atoms with E-state index in [0.717, 1.165) is 0 Å². The molecule has 0 amide bonds. The van der Waals surface area contributed by atoms with Crippen molar-refractivity contribution in [3.05, 3.63) is 0 Å². The Morgan fingerprint density at radius 2 is 2.44 bits per heavy atom. The molecule has 3 N–H and O–H groups in total. The van der Waals surface area contributed by atoms with Crippen LogP contribution in [0.3, 0.4) is 0 Å². The number of rotatable bonds is 0. The molecule has 54 valence electrons. The van der Waals surface area contributed by atoms with Gasteiger partial charge in [-0.15, -0.1) is 0 Å². The summed E-state index contributed by atoms with van der Waals surface area (Å²) in [6.45, 7) is 1.73. The highest BCUT2D eigenvalue weighted by Gasteiger charge is 2.39. The van der Waals surface area contributed by atoms with Crippen LogP contribution >= 0.6 is 7.60 Å². The fourth-order valence-electron chi connectivity index (χ4n) is 0.852. The summed E-state index contributed by atoms with van der Waals surface area (Å²) in [5.41, 5.74) is 5.26. The number of hydrogen-bond donors (Lipinski definition) is 2. The Hall–Kier alpha value is 0.110. The third kappa shape index (κ3) is 1.33. The van der Waals surface area contributed by atoms with E-state index in [1.54, 1.807) is 6.92 Å². The van der Waals surface area contributed by atoms with Crippen LogP contribution in [-0.2, 0) is 9.09 Å². The third-order valence-electron chi connectivity index (χ3n) is 1.32. The molecule has 9 heavy (non-hydrogen) atoms. The minimum absolute atomic E-state index is 0.171. The van der Waals surface area contributed by atoms with Crippen molar-refractivity contribution in [3.8, 4) is 0 Å². The van der Waals surface area contributed by atoms with Gasteiger partial charge in [-0.1, -0.05) is 0 Å². The summed E-state index contributed by atoms with van der Waals surface area (Å²) < 4.78 is 15.4. The van der Waals surface area contributed by atoms with Gasteiger partial charge in [0.2, 0.25) is 0 Å². The lowest BCUT2D eigenvalue weighted by molar-refractivity contribution is 0.222. The second-order valence-electron chi connectivity index (χ2n) is 2.28. The van der Waals surface area contributed by atoms with Gasteiger partial charge >= 0.3 is 7.60 Å². The Bertz CT molecular complexity index is 160. The topological polar surface area (TPSA) is 72.6 Å². The molecule has 0 aromatic carbocycles.